The van der Waals surface area contributed by atoms with Crippen LogP contribution in [-0.4, -0.2) is 42.6 Å². The minimum Gasteiger partial charge on any atom is -0.273 e. The van der Waals surface area contributed by atoms with Gasteiger partial charge in [0.1, 0.15) is 0 Å². The second-order valence-corrected chi connectivity index (χ2v) is 5.57. The Balaban J connectivity index is 4.20. The number of rotatable bonds is 5. The summed E-state index contributed by atoms with van der Waals surface area (Å²) in [7, 11) is -5.51. The van der Waals surface area contributed by atoms with Crippen LogP contribution in [0.15, 0.2) is 0 Å². The highest BCUT2D eigenvalue weighted by Gasteiger charge is 2.16. The van der Waals surface area contributed by atoms with Crippen molar-refractivity contribution in [2.24, 2.45) is 0 Å². The van der Waals surface area contributed by atoms with Crippen LogP contribution in [0.4, 0.5) is 0 Å². The first-order valence-corrected chi connectivity index (χ1v) is 6.05. The Morgan fingerprint density at radius 1 is 0.833 bits per heavy atom. The second kappa shape index (κ2) is 4.17. The largest absolute Gasteiger partial charge is 0.273 e. The summed E-state index contributed by atoms with van der Waals surface area (Å²) in [6.07, 6.45) is 0. The van der Waals surface area contributed by atoms with Gasteiger partial charge in [0.05, 0.1) is 25.7 Å². The highest BCUT2D eigenvalue weighted by molar-refractivity contribution is 7.90. The lowest BCUT2D eigenvalue weighted by molar-refractivity contribution is 0.389. The fourth-order valence-electron chi connectivity index (χ4n) is 0.371. The molecular weight excluding hydrogens is 208 g/mol. The van der Waals surface area contributed by atoms with Gasteiger partial charge >= 0.3 is 0 Å². The van der Waals surface area contributed by atoms with Gasteiger partial charge in [0.2, 0.25) is 0 Å². The van der Waals surface area contributed by atoms with Crippen LogP contribution in [0, 0.1) is 0 Å². The lowest BCUT2D eigenvalue weighted by atomic mass is 11.0. The molecule has 0 aromatic rings. The van der Waals surface area contributed by atoms with Crippen molar-refractivity contribution in [1.29, 1.82) is 0 Å². The zero-order valence-electron chi connectivity index (χ0n) is 6.68. The highest BCUT2D eigenvalue weighted by atomic mass is 32.2. The van der Waals surface area contributed by atoms with Gasteiger partial charge in [-0.15, -0.1) is 0 Å². The fraction of sp³-hybridized carbons (Fsp3) is 1.00. The van der Waals surface area contributed by atoms with Crippen LogP contribution in [0.2, 0.25) is 0 Å². The molecule has 0 spiro atoms. The van der Waals surface area contributed by atoms with E-state index in [0.29, 0.717) is 0 Å². The Bertz CT molecular complexity index is 277. The summed E-state index contributed by atoms with van der Waals surface area (Å²) in [6, 6.07) is 0. The Hall–Kier alpha value is -0.180. The molecular formula is C4H10O6S2. The Labute approximate surface area is 71.7 Å². The summed E-state index contributed by atoms with van der Waals surface area (Å²) in [5.41, 5.74) is 0. The monoisotopic (exact) mass is 218 g/mol. The zero-order valence-corrected chi connectivity index (χ0v) is 8.31. The molecule has 0 heterocycles. The summed E-state index contributed by atoms with van der Waals surface area (Å²) in [5, 5.41) is 0. The van der Waals surface area contributed by atoms with Gasteiger partial charge in [-0.1, -0.05) is 0 Å². The molecule has 12 heavy (non-hydrogen) atoms. The molecule has 0 N–H and O–H groups in total. The lowest BCUT2D eigenvalue weighted by Gasteiger charge is -2.00. The minimum atomic E-state index is -3.72. The summed E-state index contributed by atoms with van der Waals surface area (Å²) in [6.45, 7) is 0. The van der Waals surface area contributed by atoms with Crippen LogP contribution in [-0.2, 0) is 28.6 Å². The molecule has 0 saturated heterocycles. The summed E-state index contributed by atoms with van der Waals surface area (Å²) < 4.78 is 50.5. The molecule has 0 unspecified atom stereocenters. The van der Waals surface area contributed by atoms with Crippen LogP contribution < -0.4 is 0 Å². The van der Waals surface area contributed by atoms with Crippen molar-refractivity contribution in [3.63, 3.8) is 0 Å². The van der Waals surface area contributed by atoms with Gasteiger partial charge < -0.3 is 0 Å². The predicted octanol–water partition coefficient (Wildman–Crippen LogP) is -1.06. The number of hydrogen-bond donors (Lipinski definition) is 0. The molecule has 0 aliphatic carbocycles. The normalized spacial score (nSPS) is 13.2. The molecule has 0 fully saturated rings. The topological polar surface area (TPSA) is 86.7 Å². The molecule has 0 atom stereocenters. The van der Waals surface area contributed by atoms with Gasteiger partial charge in [-0.2, -0.15) is 16.8 Å². The smallest absolute Gasteiger partial charge is 0.268 e. The van der Waals surface area contributed by atoms with E-state index < -0.39 is 31.7 Å². The van der Waals surface area contributed by atoms with Gasteiger partial charge in [0.15, 0.2) is 0 Å². The molecule has 0 radical (unpaired) electrons. The third-order valence-corrected chi connectivity index (χ3v) is 3.77. The summed E-state index contributed by atoms with van der Waals surface area (Å²) in [5.74, 6) is -1.20. The van der Waals surface area contributed by atoms with Crippen LogP contribution in [0.1, 0.15) is 0 Å². The van der Waals surface area contributed by atoms with Crippen molar-refractivity contribution in [2.75, 3.05) is 25.7 Å². The molecule has 0 rings (SSSR count). The van der Waals surface area contributed by atoms with E-state index in [1.165, 1.54) is 0 Å². The maximum absolute atomic E-state index is 10.6. The van der Waals surface area contributed by atoms with Gasteiger partial charge in [-0.25, -0.2) is 0 Å². The van der Waals surface area contributed by atoms with E-state index in [-0.39, 0.29) is 0 Å². The lowest BCUT2D eigenvalue weighted by Crippen LogP contribution is -2.18. The fourth-order valence-corrected chi connectivity index (χ4v) is 2.34. The van der Waals surface area contributed by atoms with Crippen LogP contribution in [0.5, 0.6) is 0 Å². The summed E-state index contributed by atoms with van der Waals surface area (Å²) in [4.78, 5) is 0. The first kappa shape index (κ1) is 11.8. The Morgan fingerprint density at radius 3 is 1.25 bits per heavy atom. The van der Waals surface area contributed by atoms with Crippen molar-refractivity contribution in [3.05, 3.63) is 0 Å². The van der Waals surface area contributed by atoms with E-state index in [1.54, 1.807) is 0 Å². The third kappa shape index (κ3) is 4.65. The van der Waals surface area contributed by atoms with E-state index in [4.69, 9.17) is 0 Å². The quantitative estimate of drug-likeness (QED) is 0.547. The van der Waals surface area contributed by atoms with Crippen molar-refractivity contribution in [3.8, 4) is 0 Å². The van der Waals surface area contributed by atoms with E-state index in [9.17, 15) is 16.8 Å². The van der Waals surface area contributed by atoms with Crippen molar-refractivity contribution < 1.29 is 25.2 Å². The zero-order chi connectivity index (χ0) is 9.83. The predicted molar refractivity (Wildman–Crippen MR) is 41.6 cm³/mol. The molecule has 74 valence electrons. The third-order valence-electron chi connectivity index (χ3n) is 1.09. The first-order chi connectivity index (χ1) is 5.33. The molecule has 0 amide bonds. The van der Waals surface area contributed by atoms with Crippen molar-refractivity contribution in [2.45, 2.75) is 0 Å². The van der Waals surface area contributed by atoms with Gasteiger partial charge in [0.25, 0.3) is 20.2 Å². The molecule has 8 heteroatoms. The van der Waals surface area contributed by atoms with E-state index in [2.05, 4.69) is 8.37 Å². The SMILES string of the molecule is COS(=O)(=O)CCS(=O)(=O)OC. The van der Waals surface area contributed by atoms with E-state index in [1.807, 2.05) is 0 Å². The van der Waals surface area contributed by atoms with Crippen molar-refractivity contribution in [1.82, 2.24) is 0 Å². The van der Waals surface area contributed by atoms with Crippen LogP contribution >= 0.6 is 0 Å². The first-order valence-electron chi connectivity index (χ1n) is 2.89. The van der Waals surface area contributed by atoms with Crippen LogP contribution in [0.3, 0.4) is 0 Å². The molecule has 0 saturated carbocycles. The Kier molecular flexibility index (Phi) is 4.11. The Morgan fingerprint density at radius 2 is 1.08 bits per heavy atom. The van der Waals surface area contributed by atoms with Crippen LogP contribution in [0.25, 0.3) is 0 Å². The number of hydrogen-bond acceptors (Lipinski definition) is 6. The highest BCUT2D eigenvalue weighted by Crippen LogP contribution is 1.95. The van der Waals surface area contributed by atoms with Gasteiger partial charge in [-0.05, 0) is 0 Å². The van der Waals surface area contributed by atoms with Gasteiger partial charge in [0, 0.05) is 0 Å². The average molecular weight is 218 g/mol. The maximum atomic E-state index is 10.6. The molecule has 0 aliphatic heterocycles. The molecule has 6 nitrogen and oxygen atoms in total. The maximum Gasteiger partial charge on any atom is 0.268 e. The minimum absolute atomic E-state index is 0.598. The molecule has 0 aromatic heterocycles. The van der Waals surface area contributed by atoms with Crippen molar-refractivity contribution >= 4 is 20.2 Å². The molecule has 0 bridgehead atoms. The summed E-state index contributed by atoms with van der Waals surface area (Å²) >= 11 is 0. The van der Waals surface area contributed by atoms with E-state index >= 15 is 0 Å². The van der Waals surface area contributed by atoms with E-state index in [0.717, 1.165) is 14.2 Å². The average Bonchev–Trinajstić information content (AvgIpc) is 2.02. The molecule has 0 aromatic carbocycles. The second-order valence-electron chi connectivity index (χ2n) is 1.86. The standard InChI is InChI=1S/C4H10O6S2/c1-9-11(5,6)3-4-12(7,8)10-2/h3-4H2,1-2H3. The molecule has 0 aliphatic rings. The van der Waals surface area contributed by atoms with Gasteiger partial charge in [-0.3, -0.25) is 8.37 Å².